The Kier molecular flexibility index (Phi) is 5.45. The van der Waals surface area contributed by atoms with Crippen molar-refractivity contribution in [1.82, 2.24) is 19.6 Å². The summed E-state index contributed by atoms with van der Waals surface area (Å²) in [7, 11) is 0. The predicted octanol–water partition coefficient (Wildman–Crippen LogP) is 1.91. The van der Waals surface area contributed by atoms with E-state index in [1.165, 1.54) is 0 Å². The fraction of sp³-hybridized carbons (Fsp3) is 0.762. The van der Waals surface area contributed by atoms with Crippen molar-refractivity contribution < 1.29 is 14.3 Å². The van der Waals surface area contributed by atoms with Crippen LogP contribution in [0.15, 0.2) is 6.07 Å². The van der Waals surface area contributed by atoms with E-state index in [9.17, 15) is 9.59 Å². The number of hydrogen-bond acceptors (Lipinski definition) is 4. The molecule has 1 atom stereocenters. The summed E-state index contributed by atoms with van der Waals surface area (Å²) < 4.78 is 7.38. The molecule has 1 spiro atoms. The van der Waals surface area contributed by atoms with Crippen molar-refractivity contribution in [3.05, 3.63) is 17.5 Å². The van der Waals surface area contributed by atoms with Gasteiger partial charge in [-0.3, -0.25) is 14.3 Å². The first-order valence-electron chi connectivity index (χ1n) is 10.7. The number of carbonyl (C=O) groups is 2. The normalized spacial score (nSPS) is 24.7. The van der Waals surface area contributed by atoms with E-state index in [1.807, 2.05) is 29.7 Å². The van der Waals surface area contributed by atoms with Crippen LogP contribution in [-0.4, -0.2) is 70.3 Å². The highest BCUT2D eigenvalue weighted by atomic mass is 16.5. The molecule has 7 heteroatoms. The van der Waals surface area contributed by atoms with Gasteiger partial charge in [0, 0.05) is 44.0 Å². The Labute approximate surface area is 167 Å². The van der Waals surface area contributed by atoms with Crippen LogP contribution in [0.2, 0.25) is 0 Å². The lowest BCUT2D eigenvalue weighted by Gasteiger charge is -2.51. The van der Waals surface area contributed by atoms with E-state index in [0.29, 0.717) is 19.8 Å². The van der Waals surface area contributed by atoms with Crippen LogP contribution in [0.4, 0.5) is 0 Å². The number of amides is 2. The predicted molar refractivity (Wildman–Crippen MR) is 105 cm³/mol. The number of likely N-dealkylation sites (tertiary alicyclic amines) is 2. The molecule has 1 unspecified atom stereocenters. The molecule has 28 heavy (non-hydrogen) atoms. The van der Waals surface area contributed by atoms with Crippen LogP contribution in [0, 0.1) is 19.3 Å². The van der Waals surface area contributed by atoms with E-state index in [0.717, 1.165) is 63.0 Å². The van der Waals surface area contributed by atoms with Crippen molar-refractivity contribution in [2.24, 2.45) is 5.41 Å². The lowest BCUT2D eigenvalue weighted by molar-refractivity contribution is -0.161. The van der Waals surface area contributed by atoms with Gasteiger partial charge in [0.15, 0.2) is 0 Å². The third kappa shape index (κ3) is 3.56. The molecular formula is C21H32N4O3. The monoisotopic (exact) mass is 388 g/mol. The number of piperidine rings is 1. The van der Waals surface area contributed by atoms with E-state index in [1.54, 1.807) is 4.68 Å². The van der Waals surface area contributed by atoms with Gasteiger partial charge in [0.25, 0.3) is 0 Å². The molecule has 3 aliphatic heterocycles. The number of rotatable bonds is 3. The third-order valence-electron chi connectivity index (χ3n) is 6.81. The van der Waals surface area contributed by atoms with Crippen molar-refractivity contribution in [1.29, 1.82) is 0 Å². The lowest BCUT2D eigenvalue weighted by Crippen LogP contribution is -2.63. The summed E-state index contributed by atoms with van der Waals surface area (Å²) in [4.78, 5) is 30.8. The van der Waals surface area contributed by atoms with Crippen LogP contribution < -0.4 is 0 Å². The molecule has 3 saturated heterocycles. The number of aryl methyl sites for hydroxylation is 2. The first kappa shape index (κ1) is 19.4. The summed E-state index contributed by atoms with van der Waals surface area (Å²) in [6, 6.07) is 1.63. The van der Waals surface area contributed by atoms with Crippen LogP contribution in [0.3, 0.4) is 0 Å². The summed E-state index contributed by atoms with van der Waals surface area (Å²) in [6.07, 6.45) is 5.81. The Morgan fingerprint density at radius 1 is 1.11 bits per heavy atom. The van der Waals surface area contributed by atoms with Crippen LogP contribution in [0.25, 0.3) is 0 Å². The number of ether oxygens (including phenoxy) is 1. The van der Waals surface area contributed by atoms with Gasteiger partial charge in [-0.05, 0) is 58.4 Å². The largest absolute Gasteiger partial charge is 0.381 e. The first-order chi connectivity index (χ1) is 13.5. The molecule has 0 N–H and O–H groups in total. The zero-order valence-electron chi connectivity index (χ0n) is 17.2. The molecular weight excluding hydrogens is 356 g/mol. The molecule has 0 aromatic carbocycles. The average Bonchev–Trinajstić information content (AvgIpc) is 3.32. The van der Waals surface area contributed by atoms with Crippen molar-refractivity contribution >= 4 is 11.8 Å². The fourth-order valence-corrected chi connectivity index (χ4v) is 5.33. The molecule has 1 aromatic heterocycles. The SMILES string of the molecule is Cc1cc(C)n(CC(=O)N2CCCC3(CCOCC3)C2C(=O)N2CCCC2)n1. The second-order valence-corrected chi connectivity index (χ2v) is 8.69. The quantitative estimate of drug-likeness (QED) is 0.793. The molecule has 0 aliphatic carbocycles. The molecule has 0 saturated carbocycles. The third-order valence-corrected chi connectivity index (χ3v) is 6.81. The van der Waals surface area contributed by atoms with Gasteiger partial charge in [0.1, 0.15) is 12.6 Å². The van der Waals surface area contributed by atoms with Gasteiger partial charge in [0.05, 0.1) is 5.69 Å². The van der Waals surface area contributed by atoms with Crippen LogP contribution in [-0.2, 0) is 20.9 Å². The standard InChI is InChI=1S/C21H32N4O3/c1-16-14-17(2)25(22-16)15-18(26)24-11-5-6-21(7-12-28-13-8-21)19(24)20(27)23-9-3-4-10-23/h14,19H,3-13,15H2,1-2H3. The van der Waals surface area contributed by atoms with Gasteiger partial charge in [-0.1, -0.05) is 0 Å². The smallest absolute Gasteiger partial charge is 0.245 e. The lowest BCUT2D eigenvalue weighted by atomic mass is 9.67. The molecule has 7 nitrogen and oxygen atoms in total. The molecule has 3 aliphatic rings. The summed E-state index contributed by atoms with van der Waals surface area (Å²) >= 11 is 0. The highest BCUT2D eigenvalue weighted by Gasteiger charge is 2.51. The maximum absolute atomic E-state index is 13.6. The highest BCUT2D eigenvalue weighted by Crippen LogP contribution is 2.45. The molecule has 1 aromatic rings. The summed E-state index contributed by atoms with van der Waals surface area (Å²) in [5.41, 5.74) is 1.75. The van der Waals surface area contributed by atoms with Crippen molar-refractivity contribution in [2.75, 3.05) is 32.8 Å². The first-order valence-corrected chi connectivity index (χ1v) is 10.7. The number of nitrogens with zero attached hydrogens (tertiary/aromatic N) is 4. The minimum atomic E-state index is -0.354. The van der Waals surface area contributed by atoms with Crippen LogP contribution in [0.5, 0.6) is 0 Å². The number of hydrogen-bond donors (Lipinski definition) is 0. The highest BCUT2D eigenvalue weighted by molar-refractivity contribution is 5.89. The van der Waals surface area contributed by atoms with E-state index in [-0.39, 0.29) is 29.8 Å². The van der Waals surface area contributed by atoms with Gasteiger partial charge < -0.3 is 14.5 Å². The van der Waals surface area contributed by atoms with E-state index in [4.69, 9.17) is 4.74 Å². The Balaban J connectivity index is 1.61. The Hall–Kier alpha value is -1.89. The average molecular weight is 389 g/mol. The molecule has 3 fully saturated rings. The van der Waals surface area contributed by atoms with Crippen molar-refractivity contribution in [3.8, 4) is 0 Å². The molecule has 2 amide bonds. The summed E-state index contributed by atoms with van der Waals surface area (Å²) in [5.74, 6) is 0.162. The fourth-order valence-electron chi connectivity index (χ4n) is 5.33. The molecule has 4 rings (SSSR count). The van der Waals surface area contributed by atoms with Gasteiger partial charge >= 0.3 is 0 Å². The van der Waals surface area contributed by atoms with Gasteiger partial charge in [-0.2, -0.15) is 5.10 Å². The minimum absolute atomic E-state index is 0.00862. The second kappa shape index (κ2) is 7.85. The Morgan fingerprint density at radius 3 is 2.46 bits per heavy atom. The van der Waals surface area contributed by atoms with Crippen LogP contribution >= 0.6 is 0 Å². The minimum Gasteiger partial charge on any atom is -0.381 e. The number of carbonyl (C=O) groups excluding carboxylic acids is 2. The summed E-state index contributed by atoms with van der Waals surface area (Å²) in [5, 5.41) is 4.45. The van der Waals surface area contributed by atoms with E-state index < -0.39 is 0 Å². The Bertz CT molecular complexity index is 726. The van der Waals surface area contributed by atoms with E-state index in [2.05, 4.69) is 5.10 Å². The van der Waals surface area contributed by atoms with Gasteiger partial charge in [-0.25, -0.2) is 0 Å². The molecule has 0 radical (unpaired) electrons. The maximum atomic E-state index is 13.6. The van der Waals surface area contributed by atoms with Gasteiger partial charge in [0.2, 0.25) is 11.8 Å². The van der Waals surface area contributed by atoms with Crippen molar-refractivity contribution in [2.45, 2.75) is 65.0 Å². The zero-order chi connectivity index (χ0) is 19.7. The topological polar surface area (TPSA) is 67.7 Å². The Morgan fingerprint density at radius 2 is 1.82 bits per heavy atom. The molecule has 4 heterocycles. The van der Waals surface area contributed by atoms with Crippen LogP contribution in [0.1, 0.15) is 49.9 Å². The van der Waals surface area contributed by atoms with Crippen molar-refractivity contribution in [3.63, 3.8) is 0 Å². The zero-order valence-corrected chi connectivity index (χ0v) is 17.2. The maximum Gasteiger partial charge on any atom is 0.245 e. The second-order valence-electron chi connectivity index (χ2n) is 8.69. The molecule has 154 valence electrons. The molecule has 0 bridgehead atoms. The van der Waals surface area contributed by atoms with E-state index >= 15 is 0 Å². The summed E-state index contributed by atoms with van der Waals surface area (Å²) in [6.45, 7) is 7.78. The number of aromatic nitrogens is 2. The van der Waals surface area contributed by atoms with Gasteiger partial charge in [-0.15, -0.1) is 0 Å².